The zero-order chi connectivity index (χ0) is 11.8. The summed E-state index contributed by atoms with van der Waals surface area (Å²) in [5.74, 6) is 1.23. The van der Waals surface area contributed by atoms with Gasteiger partial charge in [0.1, 0.15) is 5.82 Å². The molecule has 0 saturated heterocycles. The SMILES string of the molecule is Cc1nc2n(c1-c1ccc(Cl)cc1)CCCC2. The molecule has 3 rings (SSSR count). The van der Waals surface area contributed by atoms with Gasteiger partial charge in [0.25, 0.3) is 0 Å². The number of hydrogen-bond donors (Lipinski definition) is 0. The second kappa shape index (κ2) is 4.19. The number of rotatable bonds is 1. The predicted molar refractivity (Wildman–Crippen MR) is 70.3 cm³/mol. The molecule has 2 nitrogen and oxygen atoms in total. The third-order valence-corrected chi connectivity index (χ3v) is 3.62. The Kier molecular flexibility index (Phi) is 2.67. The number of fused-ring (bicyclic) bond motifs is 1. The van der Waals surface area contributed by atoms with Crippen molar-refractivity contribution in [3.8, 4) is 11.3 Å². The van der Waals surface area contributed by atoms with Crippen LogP contribution in [-0.2, 0) is 13.0 Å². The highest BCUT2D eigenvalue weighted by Gasteiger charge is 2.18. The van der Waals surface area contributed by atoms with Crippen LogP contribution in [0.4, 0.5) is 0 Å². The molecule has 3 heteroatoms. The Hall–Kier alpha value is -1.28. The first-order valence-corrected chi connectivity index (χ1v) is 6.45. The highest BCUT2D eigenvalue weighted by molar-refractivity contribution is 6.30. The normalized spacial score (nSPS) is 14.7. The highest BCUT2D eigenvalue weighted by Crippen LogP contribution is 2.29. The molecule has 1 aliphatic heterocycles. The molecule has 0 aliphatic carbocycles. The lowest BCUT2D eigenvalue weighted by Crippen LogP contribution is -2.11. The van der Waals surface area contributed by atoms with Crippen LogP contribution >= 0.6 is 11.6 Å². The number of nitrogens with zero attached hydrogens (tertiary/aromatic N) is 2. The van der Waals surface area contributed by atoms with Crippen LogP contribution in [0.5, 0.6) is 0 Å². The van der Waals surface area contributed by atoms with Crippen LogP contribution in [0, 0.1) is 6.92 Å². The number of aryl methyl sites for hydroxylation is 2. The molecule has 0 atom stereocenters. The van der Waals surface area contributed by atoms with Crippen LogP contribution in [0.3, 0.4) is 0 Å². The molecular weight excluding hydrogens is 232 g/mol. The van der Waals surface area contributed by atoms with Crippen molar-refractivity contribution < 1.29 is 0 Å². The molecular formula is C14H15ClN2. The number of halogens is 1. The number of imidazole rings is 1. The van der Waals surface area contributed by atoms with E-state index in [1.807, 2.05) is 12.1 Å². The second-order valence-electron chi connectivity index (χ2n) is 4.58. The van der Waals surface area contributed by atoms with Gasteiger partial charge in [0.2, 0.25) is 0 Å². The summed E-state index contributed by atoms with van der Waals surface area (Å²) < 4.78 is 2.36. The van der Waals surface area contributed by atoms with Crippen LogP contribution in [0.15, 0.2) is 24.3 Å². The summed E-state index contributed by atoms with van der Waals surface area (Å²) in [6.07, 6.45) is 3.62. The molecule has 17 heavy (non-hydrogen) atoms. The molecule has 1 aromatic carbocycles. The van der Waals surface area contributed by atoms with Crippen molar-refractivity contribution in [1.82, 2.24) is 9.55 Å². The summed E-state index contributed by atoms with van der Waals surface area (Å²) >= 11 is 5.93. The van der Waals surface area contributed by atoms with E-state index in [1.165, 1.54) is 29.9 Å². The lowest BCUT2D eigenvalue weighted by atomic mass is 10.1. The van der Waals surface area contributed by atoms with Crippen LogP contribution in [0.2, 0.25) is 5.02 Å². The topological polar surface area (TPSA) is 17.8 Å². The zero-order valence-corrected chi connectivity index (χ0v) is 10.7. The van der Waals surface area contributed by atoms with Gasteiger partial charge >= 0.3 is 0 Å². The van der Waals surface area contributed by atoms with E-state index in [9.17, 15) is 0 Å². The average molecular weight is 247 g/mol. The minimum absolute atomic E-state index is 0.782. The molecule has 1 aromatic heterocycles. The Labute approximate surface area is 106 Å². The van der Waals surface area contributed by atoms with E-state index in [0.717, 1.165) is 23.7 Å². The minimum Gasteiger partial charge on any atom is -0.328 e. The summed E-state index contributed by atoms with van der Waals surface area (Å²) in [6.45, 7) is 3.18. The standard InChI is InChI=1S/C14H15ClN2/c1-10-14(11-5-7-12(15)8-6-11)17-9-3-2-4-13(17)16-10/h5-8H,2-4,9H2,1H3. The van der Waals surface area contributed by atoms with Crippen LogP contribution < -0.4 is 0 Å². The first kappa shape index (κ1) is 10.8. The summed E-state index contributed by atoms with van der Waals surface area (Å²) in [5, 5.41) is 0.782. The quantitative estimate of drug-likeness (QED) is 0.747. The van der Waals surface area contributed by atoms with Gasteiger partial charge in [0.05, 0.1) is 11.4 Å². The Bertz CT molecular complexity index is 540. The van der Waals surface area contributed by atoms with Crippen LogP contribution in [-0.4, -0.2) is 9.55 Å². The van der Waals surface area contributed by atoms with Crippen molar-refractivity contribution in [1.29, 1.82) is 0 Å². The third kappa shape index (κ3) is 1.87. The van der Waals surface area contributed by atoms with E-state index in [1.54, 1.807) is 0 Å². The van der Waals surface area contributed by atoms with E-state index < -0.39 is 0 Å². The van der Waals surface area contributed by atoms with Gasteiger partial charge in [-0.2, -0.15) is 0 Å². The molecule has 2 heterocycles. The molecule has 0 radical (unpaired) electrons. The van der Waals surface area contributed by atoms with E-state index in [4.69, 9.17) is 11.6 Å². The van der Waals surface area contributed by atoms with E-state index in [-0.39, 0.29) is 0 Å². The van der Waals surface area contributed by atoms with Crippen molar-refractivity contribution >= 4 is 11.6 Å². The van der Waals surface area contributed by atoms with E-state index in [2.05, 4.69) is 28.6 Å². The van der Waals surface area contributed by atoms with E-state index in [0.29, 0.717) is 0 Å². The number of benzene rings is 1. The van der Waals surface area contributed by atoms with Crippen LogP contribution in [0.1, 0.15) is 24.4 Å². The smallest absolute Gasteiger partial charge is 0.109 e. The Morgan fingerprint density at radius 2 is 1.94 bits per heavy atom. The van der Waals surface area contributed by atoms with Crippen molar-refractivity contribution in [2.45, 2.75) is 32.7 Å². The molecule has 0 fully saturated rings. The molecule has 0 amide bonds. The summed E-state index contributed by atoms with van der Waals surface area (Å²) in [6, 6.07) is 8.04. The first-order valence-electron chi connectivity index (χ1n) is 6.07. The lowest BCUT2D eigenvalue weighted by molar-refractivity contribution is 0.526. The molecule has 1 aliphatic rings. The van der Waals surface area contributed by atoms with Crippen molar-refractivity contribution in [3.05, 3.63) is 40.8 Å². The maximum atomic E-state index is 5.93. The monoisotopic (exact) mass is 246 g/mol. The van der Waals surface area contributed by atoms with Gasteiger partial charge in [0.15, 0.2) is 0 Å². The fourth-order valence-corrected chi connectivity index (χ4v) is 2.71. The maximum absolute atomic E-state index is 5.93. The molecule has 2 aromatic rings. The number of hydrogen-bond acceptors (Lipinski definition) is 1. The van der Waals surface area contributed by atoms with Gasteiger partial charge in [-0.1, -0.05) is 23.7 Å². The predicted octanol–water partition coefficient (Wildman–Crippen LogP) is 3.85. The van der Waals surface area contributed by atoms with Gasteiger partial charge < -0.3 is 4.57 Å². The molecule has 0 spiro atoms. The zero-order valence-electron chi connectivity index (χ0n) is 9.91. The molecule has 88 valence electrons. The van der Waals surface area contributed by atoms with Gasteiger partial charge in [-0.15, -0.1) is 0 Å². The van der Waals surface area contributed by atoms with Gasteiger partial charge in [-0.3, -0.25) is 0 Å². The second-order valence-corrected chi connectivity index (χ2v) is 5.01. The first-order chi connectivity index (χ1) is 8.25. The fraction of sp³-hybridized carbons (Fsp3) is 0.357. The minimum atomic E-state index is 0.782. The van der Waals surface area contributed by atoms with Gasteiger partial charge in [0, 0.05) is 23.6 Å². The highest BCUT2D eigenvalue weighted by atomic mass is 35.5. The third-order valence-electron chi connectivity index (χ3n) is 3.37. The summed E-state index contributed by atoms with van der Waals surface area (Å²) in [4.78, 5) is 4.68. The van der Waals surface area contributed by atoms with Crippen molar-refractivity contribution in [2.75, 3.05) is 0 Å². The summed E-state index contributed by atoms with van der Waals surface area (Å²) in [5.41, 5.74) is 3.60. The number of aromatic nitrogens is 2. The Morgan fingerprint density at radius 3 is 2.71 bits per heavy atom. The lowest BCUT2D eigenvalue weighted by Gasteiger charge is -2.16. The Morgan fingerprint density at radius 1 is 1.18 bits per heavy atom. The van der Waals surface area contributed by atoms with Crippen molar-refractivity contribution in [3.63, 3.8) is 0 Å². The van der Waals surface area contributed by atoms with Crippen molar-refractivity contribution in [2.24, 2.45) is 0 Å². The van der Waals surface area contributed by atoms with E-state index >= 15 is 0 Å². The molecule has 0 unspecified atom stereocenters. The fourth-order valence-electron chi connectivity index (χ4n) is 2.59. The van der Waals surface area contributed by atoms with Crippen LogP contribution in [0.25, 0.3) is 11.3 Å². The molecule has 0 N–H and O–H groups in total. The molecule has 0 saturated carbocycles. The van der Waals surface area contributed by atoms with Gasteiger partial charge in [-0.05, 0) is 31.9 Å². The summed E-state index contributed by atoms with van der Waals surface area (Å²) in [7, 11) is 0. The largest absolute Gasteiger partial charge is 0.328 e. The Balaban J connectivity index is 2.13. The maximum Gasteiger partial charge on any atom is 0.109 e. The van der Waals surface area contributed by atoms with Gasteiger partial charge in [-0.25, -0.2) is 4.98 Å². The average Bonchev–Trinajstić information content (AvgIpc) is 2.66. The molecule has 0 bridgehead atoms.